The number of anilines is 1. The number of hydrogen-bond donors (Lipinski definition) is 1. The van der Waals surface area contributed by atoms with Crippen molar-refractivity contribution in [3.05, 3.63) is 149 Å². The largest absolute Gasteiger partial charge is 0.507 e. The lowest BCUT2D eigenvalue weighted by Gasteiger charge is -2.22. The van der Waals surface area contributed by atoms with Gasteiger partial charge in [-0.1, -0.05) is 84.3 Å². The standard InChI is InChI=1S/C37H30FN3O5S2/c1-3-20-45-29-16-10-25(11-17-29)32-31(33(42)26-12-18-30(19-13-26)46-21-27-7-5-4-6-23(27)2)34(43)35(44)41(32)36-39-40-37(48-36)47-22-24-8-14-28(38)15-9-24/h3-19,32,42H,1,20-22H2,2H3/b33-31+. The first kappa shape index (κ1) is 32.7. The quantitative estimate of drug-likeness (QED) is 0.0353. The van der Waals surface area contributed by atoms with Crippen LogP contribution in [0.3, 0.4) is 0 Å². The maximum atomic E-state index is 13.7. The monoisotopic (exact) mass is 679 g/mol. The molecule has 0 aliphatic carbocycles. The average molecular weight is 680 g/mol. The number of hydrogen-bond acceptors (Lipinski definition) is 9. The number of benzene rings is 4. The number of thioether (sulfide) groups is 1. The Bertz CT molecular complexity index is 1980. The fraction of sp³-hybridized carbons (Fsp3) is 0.135. The smallest absolute Gasteiger partial charge is 0.301 e. The Kier molecular flexibility index (Phi) is 9.98. The lowest BCUT2D eigenvalue weighted by Crippen LogP contribution is -2.29. The first-order valence-electron chi connectivity index (χ1n) is 15.0. The van der Waals surface area contributed by atoms with Crippen molar-refractivity contribution in [3.63, 3.8) is 0 Å². The van der Waals surface area contributed by atoms with Crippen LogP contribution in [0, 0.1) is 12.7 Å². The molecule has 0 spiro atoms. The van der Waals surface area contributed by atoms with E-state index in [1.54, 1.807) is 66.7 Å². The van der Waals surface area contributed by atoms with Crippen LogP contribution in [0.25, 0.3) is 5.76 Å². The van der Waals surface area contributed by atoms with Gasteiger partial charge in [-0.15, -0.1) is 10.2 Å². The summed E-state index contributed by atoms with van der Waals surface area (Å²) < 4.78 is 25.5. The zero-order valence-corrected chi connectivity index (χ0v) is 27.5. The number of aryl methyl sites for hydroxylation is 1. The van der Waals surface area contributed by atoms with Crippen LogP contribution in [0.4, 0.5) is 9.52 Å². The summed E-state index contributed by atoms with van der Waals surface area (Å²) in [6.45, 7) is 6.37. The minimum atomic E-state index is -0.988. The van der Waals surface area contributed by atoms with Gasteiger partial charge in [-0.05, 0) is 77.7 Å². The van der Waals surface area contributed by atoms with Crippen LogP contribution in [0.15, 0.2) is 120 Å². The third kappa shape index (κ3) is 7.17. The van der Waals surface area contributed by atoms with Gasteiger partial charge in [0.2, 0.25) is 5.13 Å². The highest BCUT2D eigenvalue weighted by molar-refractivity contribution is 8.00. The number of amides is 1. The van der Waals surface area contributed by atoms with Crippen molar-refractivity contribution in [2.24, 2.45) is 0 Å². The molecular weight excluding hydrogens is 650 g/mol. The van der Waals surface area contributed by atoms with Crippen molar-refractivity contribution in [3.8, 4) is 11.5 Å². The molecule has 5 aromatic rings. The number of aromatic nitrogens is 2. The number of carbonyl (C=O) groups is 2. The van der Waals surface area contributed by atoms with E-state index in [1.165, 1.54) is 28.8 Å². The van der Waals surface area contributed by atoms with E-state index in [-0.39, 0.29) is 22.3 Å². The number of aliphatic hydroxyl groups excluding tert-OH is 1. The zero-order chi connectivity index (χ0) is 33.6. The molecule has 1 aliphatic heterocycles. The van der Waals surface area contributed by atoms with E-state index in [0.717, 1.165) is 28.0 Å². The summed E-state index contributed by atoms with van der Waals surface area (Å²) >= 11 is 2.53. The van der Waals surface area contributed by atoms with Crippen LogP contribution in [-0.2, 0) is 21.9 Å². The van der Waals surface area contributed by atoms with Crippen molar-refractivity contribution in [1.29, 1.82) is 0 Å². The van der Waals surface area contributed by atoms with E-state index in [9.17, 15) is 19.1 Å². The minimum absolute atomic E-state index is 0.0796. The fourth-order valence-corrected chi connectivity index (χ4v) is 6.95. The van der Waals surface area contributed by atoms with Crippen molar-refractivity contribution >= 4 is 45.7 Å². The number of ether oxygens (including phenoxy) is 2. The van der Waals surface area contributed by atoms with Gasteiger partial charge >= 0.3 is 5.91 Å². The third-order valence-corrected chi connectivity index (χ3v) is 9.80. The predicted molar refractivity (Wildman–Crippen MR) is 185 cm³/mol. The molecule has 6 rings (SSSR count). The fourth-order valence-electron chi connectivity index (χ4n) is 5.13. The minimum Gasteiger partial charge on any atom is -0.507 e. The molecule has 1 amide bonds. The van der Waals surface area contributed by atoms with E-state index < -0.39 is 17.7 Å². The summed E-state index contributed by atoms with van der Waals surface area (Å²) in [7, 11) is 0. The Balaban J connectivity index is 1.31. The Morgan fingerprint density at radius 2 is 1.65 bits per heavy atom. The molecule has 0 radical (unpaired) electrons. The molecule has 0 saturated carbocycles. The number of carbonyl (C=O) groups excluding carboxylic acids is 2. The van der Waals surface area contributed by atoms with Crippen LogP contribution < -0.4 is 14.4 Å². The predicted octanol–water partition coefficient (Wildman–Crippen LogP) is 8.05. The van der Waals surface area contributed by atoms with E-state index in [4.69, 9.17) is 9.47 Å². The Morgan fingerprint density at radius 1 is 0.958 bits per heavy atom. The maximum absolute atomic E-state index is 13.7. The first-order chi connectivity index (χ1) is 23.3. The zero-order valence-electron chi connectivity index (χ0n) is 25.8. The number of nitrogens with zero attached hydrogens (tertiary/aromatic N) is 3. The number of ketones is 1. The molecule has 1 aromatic heterocycles. The topological polar surface area (TPSA) is 102 Å². The lowest BCUT2D eigenvalue weighted by molar-refractivity contribution is -0.132. The summed E-state index contributed by atoms with van der Waals surface area (Å²) in [5, 5.41) is 20.3. The SMILES string of the molecule is C=CCOc1ccc(C2/C(=C(\O)c3ccc(OCc4ccccc4C)cc3)C(=O)C(=O)N2c2nnc(SCc3ccc(F)cc3)s2)cc1. The molecule has 0 bridgehead atoms. The van der Waals surface area contributed by atoms with Gasteiger partial charge in [0.25, 0.3) is 5.78 Å². The van der Waals surface area contributed by atoms with E-state index in [2.05, 4.69) is 16.8 Å². The molecule has 2 heterocycles. The molecule has 1 atom stereocenters. The number of Topliss-reactive ketones (excluding diaryl/α,β-unsaturated/α-hetero) is 1. The van der Waals surface area contributed by atoms with Crippen LogP contribution in [0.2, 0.25) is 0 Å². The molecule has 1 aliphatic rings. The van der Waals surface area contributed by atoms with Crippen LogP contribution in [0.5, 0.6) is 11.5 Å². The average Bonchev–Trinajstić information content (AvgIpc) is 3.68. The molecule has 1 saturated heterocycles. The van der Waals surface area contributed by atoms with Gasteiger partial charge in [0.05, 0.1) is 11.6 Å². The van der Waals surface area contributed by atoms with Crippen LogP contribution in [-0.4, -0.2) is 33.6 Å². The number of rotatable bonds is 12. The van der Waals surface area contributed by atoms with Crippen molar-refractivity contribution < 1.29 is 28.6 Å². The summed E-state index contributed by atoms with van der Waals surface area (Å²) in [4.78, 5) is 28.6. The second-order valence-electron chi connectivity index (χ2n) is 10.8. The molecule has 11 heteroatoms. The third-order valence-electron chi connectivity index (χ3n) is 7.67. The van der Waals surface area contributed by atoms with E-state index in [1.807, 2.05) is 31.2 Å². The molecule has 4 aromatic carbocycles. The summed E-state index contributed by atoms with van der Waals surface area (Å²) in [6, 6.07) is 26.7. The van der Waals surface area contributed by atoms with Gasteiger partial charge in [-0.3, -0.25) is 14.5 Å². The summed E-state index contributed by atoms with van der Waals surface area (Å²) in [5.41, 5.74) is 3.90. The molecule has 48 heavy (non-hydrogen) atoms. The Morgan fingerprint density at radius 3 is 2.35 bits per heavy atom. The van der Waals surface area contributed by atoms with E-state index in [0.29, 0.717) is 45.9 Å². The molecular formula is C37H30FN3O5S2. The Labute approximate surface area is 285 Å². The summed E-state index contributed by atoms with van der Waals surface area (Å²) in [5.74, 6) is -0.658. The molecule has 1 unspecified atom stereocenters. The molecule has 1 fully saturated rings. The van der Waals surface area contributed by atoms with Gasteiger partial charge in [0.15, 0.2) is 4.34 Å². The van der Waals surface area contributed by atoms with Crippen molar-refractivity contribution in [2.75, 3.05) is 11.5 Å². The van der Waals surface area contributed by atoms with Gasteiger partial charge in [-0.2, -0.15) is 0 Å². The van der Waals surface area contributed by atoms with Gasteiger partial charge < -0.3 is 14.6 Å². The maximum Gasteiger partial charge on any atom is 0.301 e. The van der Waals surface area contributed by atoms with Gasteiger partial charge in [0.1, 0.15) is 36.3 Å². The van der Waals surface area contributed by atoms with Gasteiger partial charge in [0, 0.05) is 11.3 Å². The highest BCUT2D eigenvalue weighted by atomic mass is 32.2. The van der Waals surface area contributed by atoms with Crippen LogP contribution in [0.1, 0.15) is 33.9 Å². The second kappa shape index (κ2) is 14.7. The molecule has 8 nitrogen and oxygen atoms in total. The highest BCUT2D eigenvalue weighted by Gasteiger charge is 2.48. The second-order valence-corrected chi connectivity index (χ2v) is 13.0. The number of halogens is 1. The molecule has 1 N–H and O–H groups in total. The lowest BCUT2D eigenvalue weighted by atomic mass is 9.95. The molecule has 242 valence electrons. The van der Waals surface area contributed by atoms with Gasteiger partial charge in [-0.25, -0.2) is 4.39 Å². The van der Waals surface area contributed by atoms with E-state index >= 15 is 0 Å². The summed E-state index contributed by atoms with van der Waals surface area (Å²) in [6.07, 6.45) is 1.63. The Hall–Kier alpha value is -5.26. The number of aliphatic hydroxyl groups is 1. The normalized spacial score (nSPS) is 15.5. The van der Waals surface area contributed by atoms with Crippen LogP contribution >= 0.6 is 23.1 Å². The first-order valence-corrected chi connectivity index (χ1v) is 16.8. The van der Waals surface area contributed by atoms with Crippen molar-refractivity contribution in [1.82, 2.24) is 10.2 Å². The highest BCUT2D eigenvalue weighted by Crippen LogP contribution is 2.44. The van der Waals surface area contributed by atoms with Crippen molar-refractivity contribution in [2.45, 2.75) is 29.7 Å².